The van der Waals surface area contributed by atoms with Crippen molar-refractivity contribution in [1.29, 1.82) is 0 Å². The molecule has 9 heteroatoms. The molecule has 0 aliphatic rings. The number of nitro groups is 1. The standard InChI is InChI=1S/C14H20N6O3/c1-5-18-7-6-12(17-18)8-15-14(21)11(4)19-10(3)13(20(22)23)9(2)16-19/h6-7,11H,5,8H2,1-4H3,(H,15,21). The Morgan fingerprint density at radius 3 is 2.65 bits per heavy atom. The van der Waals surface area contributed by atoms with Crippen LogP contribution in [0, 0.1) is 24.0 Å². The number of carbonyl (C=O) groups is 1. The van der Waals surface area contributed by atoms with Gasteiger partial charge < -0.3 is 5.32 Å². The van der Waals surface area contributed by atoms with Crippen LogP contribution in [0.2, 0.25) is 0 Å². The smallest absolute Gasteiger partial charge is 0.312 e. The Bertz CT molecular complexity index is 733. The van der Waals surface area contributed by atoms with Crippen molar-refractivity contribution in [1.82, 2.24) is 24.9 Å². The van der Waals surface area contributed by atoms with Gasteiger partial charge in [-0.25, -0.2) is 0 Å². The van der Waals surface area contributed by atoms with Crippen molar-refractivity contribution in [3.8, 4) is 0 Å². The zero-order valence-corrected chi connectivity index (χ0v) is 13.6. The zero-order valence-electron chi connectivity index (χ0n) is 13.6. The SMILES string of the molecule is CCn1ccc(CNC(=O)C(C)n2nc(C)c([N+](=O)[O-])c2C)n1. The molecule has 2 aromatic rings. The molecule has 1 unspecified atom stereocenters. The first-order valence-electron chi connectivity index (χ1n) is 7.35. The largest absolute Gasteiger partial charge is 0.349 e. The van der Waals surface area contributed by atoms with Gasteiger partial charge in [0.25, 0.3) is 0 Å². The van der Waals surface area contributed by atoms with E-state index in [1.807, 2.05) is 19.2 Å². The maximum atomic E-state index is 12.3. The quantitative estimate of drug-likeness (QED) is 0.641. The summed E-state index contributed by atoms with van der Waals surface area (Å²) in [4.78, 5) is 22.8. The first-order valence-corrected chi connectivity index (χ1v) is 7.35. The Labute approximate surface area is 133 Å². The molecule has 1 N–H and O–H groups in total. The average molecular weight is 320 g/mol. The van der Waals surface area contributed by atoms with Crippen molar-refractivity contribution in [2.45, 2.75) is 46.8 Å². The number of hydrogen-bond acceptors (Lipinski definition) is 5. The van der Waals surface area contributed by atoms with Crippen LogP contribution >= 0.6 is 0 Å². The lowest BCUT2D eigenvalue weighted by molar-refractivity contribution is -0.386. The fraction of sp³-hybridized carbons (Fsp3) is 0.500. The highest BCUT2D eigenvalue weighted by Gasteiger charge is 2.26. The van der Waals surface area contributed by atoms with Gasteiger partial charge in [0.2, 0.25) is 5.91 Å². The molecule has 23 heavy (non-hydrogen) atoms. The van der Waals surface area contributed by atoms with Gasteiger partial charge in [0.1, 0.15) is 17.4 Å². The minimum Gasteiger partial charge on any atom is -0.349 e. The van der Waals surface area contributed by atoms with Crippen LogP contribution in [0.3, 0.4) is 0 Å². The lowest BCUT2D eigenvalue weighted by Crippen LogP contribution is -2.31. The fourth-order valence-corrected chi connectivity index (χ4v) is 2.41. The molecule has 1 amide bonds. The van der Waals surface area contributed by atoms with Crippen LogP contribution < -0.4 is 5.32 Å². The molecule has 0 spiro atoms. The first kappa shape index (κ1) is 16.7. The molecule has 1 atom stereocenters. The van der Waals surface area contributed by atoms with Gasteiger partial charge in [-0.15, -0.1) is 0 Å². The molecule has 124 valence electrons. The Morgan fingerprint density at radius 1 is 1.43 bits per heavy atom. The fourth-order valence-electron chi connectivity index (χ4n) is 2.41. The Kier molecular flexibility index (Phi) is 4.77. The third-order valence-electron chi connectivity index (χ3n) is 3.68. The van der Waals surface area contributed by atoms with Crippen molar-refractivity contribution in [2.24, 2.45) is 0 Å². The van der Waals surface area contributed by atoms with E-state index in [1.165, 1.54) is 4.68 Å². The van der Waals surface area contributed by atoms with E-state index in [1.54, 1.807) is 25.5 Å². The van der Waals surface area contributed by atoms with E-state index < -0.39 is 11.0 Å². The van der Waals surface area contributed by atoms with E-state index >= 15 is 0 Å². The van der Waals surface area contributed by atoms with Gasteiger partial charge in [-0.3, -0.25) is 24.3 Å². The number of carbonyl (C=O) groups excluding carboxylic acids is 1. The summed E-state index contributed by atoms with van der Waals surface area (Å²) in [6.45, 7) is 7.85. The summed E-state index contributed by atoms with van der Waals surface area (Å²) in [5.74, 6) is -0.267. The third kappa shape index (κ3) is 3.38. The summed E-state index contributed by atoms with van der Waals surface area (Å²) in [6, 6.07) is 1.19. The highest BCUT2D eigenvalue weighted by Crippen LogP contribution is 2.24. The number of rotatable bonds is 6. The molecular weight excluding hydrogens is 300 g/mol. The highest BCUT2D eigenvalue weighted by molar-refractivity contribution is 5.80. The monoisotopic (exact) mass is 320 g/mol. The van der Waals surface area contributed by atoms with Crippen molar-refractivity contribution in [3.05, 3.63) is 39.5 Å². The molecule has 0 bridgehead atoms. The van der Waals surface area contributed by atoms with E-state index in [4.69, 9.17) is 0 Å². The molecule has 0 radical (unpaired) electrons. The summed E-state index contributed by atoms with van der Waals surface area (Å²) < 4.78 is 3.16. The van der Waals surface area contributed by atoms with E-state index in [2.05, 4.69) is 15.5 Å². The maximum Gasteiger partial charge on any atom is 0.312 e. The Balaban J connectivity index is 2.08. The first-order chi connectivity index (χ1) is 10.8. The lowest BCUT2D eigenvalue weighted by Gasteiger charge is -2.13. The summed E-state index contributed by atoms with van der Waals surface area (Å²) in [7, 11) is 0. The molecule has 0 aliphatic carbocycles. The van der Waals surface area contributed by atoms with Gasteiger partial charge in [0.05, 0.1) is 17.2 Å². The van der Waals surface area contributed by atoms with Crippen molar-refractivity contribution in [3.63, 3.8) is 0 Å². The molecule has 2 aromatic heterocycles. The van der Waals surface area contributed by atoms with Gasteiger partial charge >= 0.3 is 5.69 Å². The van der Waals surface area contributed by atoms with Crippen molar-refractivity contribution < 1.29 is 9.72 Å². The molecule has 2 heterocycles. The third-order valence-corrected chi connectivity index (χ3v) is 3.68. The summed E-state index contributed by atoms with van der Waals surface area (Å²) in [5.41, 5.74) is 1.37. The molecule has 0 fully saturated rings. The number of aromatic nitrogens is 4. The number of aryl methyl sites for hydroxylation is 2. The number of amides is 1. The summed E-state index contributed by atoms with van der Waals surface area (Å²) in [6.07, 6.45) is 1.84. The minimum atomic E-state index is -0.643. The van der Waals surface area contributed by atoms with Crippen molar-refractivity contribution >= 4 is 11.6 Å². The van der Waals surface area contributed by atoms with Crippen LogP contribution in [0.15, 0.2) is 12.3 Å². The second-order valence-corrected chi connectivity index (χ2v) is 5.28. The predicted molar refractivity (Wildman–Crippen MR) is 82.8 cm³/mol. The molecule has 0 aromatic carbocycles. The maximum absolute atomic E-state index is 12.3. The molecule has 0 saturated carbocycles. The average Bonchev–Trinajstić information content (AvgIpc) is 3.08. The Morgan fingerprint density at radius 2 is 2.13 bits per heavy atom. The van der Waals surface area contributed by atoms with E-state index in [0.717, 1.165) is 12.2 Å². The Hall–Kier alpha value is -2.71. The second-order valence-electron chi connectivity index (χ2n) is 5.28. The highest BCUT2D eigenvalue weighted by atomic mass is 16.6. The van der Waals surface area contributed by atoms with Crippen LogP contribution in [-0.2, 0) is 17.9 Å². The van der Waals surface area contributed by atoms with Crippen LogP contribution in [0.4, 0.5) is 5.69 Å². The van der Waals surface area contributed by atoms with E-state index in [9.17, 15) is 14.9 Å². The van der Waals surface area contributed by atoms with Crippen LogP contribution in [0.25, 0.3) is 0 Å². The zero-order chi connectivity index (χ0) is 17.1. The van der Waals surface area contributed by atoms with Gasteiger partial charge in [-0.05, 0) is 33.8 Å². The second kappa shape index (κ2) is 6.59. The lowest BCUT2D eigenvalue weighted by atomic mass is 10.2. The van der Waals surface area contributed by atoms with E-state index in [0.29, 0.717) is 17.9 Å². The minimum absolute atomic E-state index is 0.0497. The van der Waals surface area contributed by atoms with Crippen LogP contribution in [0.5, 0.6) is 0 Å². The van der Waals surface area contributed by atoms with E-state index in [-0.39, 0.29) is 11.6 Å². The summed E-state index contributed by atoms with van der Waals surface area (Å²) >= 11 is 0. The van der Waals surface area contributed by atoms with Gasteiger partial charge in [0.15, 0.2) is 0 Å². The van der Waals surface area contributed by atoms with Crippen LogP contribution in [0.1, 0.15) is 37.0 Å². The molecule has 2 rings (SSSR count). The predicted octanol–water partition coefficient (Wildman–Crippen LogP) is 1.50. The van der Waals surface area contributed by atoms with Gasteiger partial charge in [-0.2, -0.15) is 10.2 Å². The molecular formula is C14H20N6O3. The van der Waals surface area contributed by atoms with Gasteiger partial charge in [-0.1, -0.05) is 0 Å². The summed E-state index contributed by atoms with van der Waals surface area (Å²) in [5, 5.41) is 22.2. The van der Waals surface area contributed by atoms with Gasteiger partial charge in [0, 0.05) is 12.7 Å². The van der Waals surface area contributed by atoms with Crippen molar-refractivity contribution in [2.75, 3.05) is 0 Å². The van der Waals surface area contributed by atoms with Crippen LogP contribution in [-0.4, -0.2) is 30.4 Å². The molecule has 0 saturated heterocycles. The number of hydrogen-bond donors (Lipinski definition) is 1. The topological polar surface area (TPSA) is 108 Å². The number of nitrogens with one attached hydrogen (secondary N) is 1. The normalized spacial score (nSPS) is 12.2. The number of nitrogens with zero attached hydrogens (tertiary/aromatic N) is 5. The molecule has 0 aliphatic heterocycles. The molecule has 9 nitrogen and oxygen atoms in total.